The van der Waals surface area contributed by atoms with E-state index in [4.69, 9.17) is 4.74 Å². The Balaban J connectivity index is 1.84. The summed E-state index contributed by atoms with van der Waals surface area (Å²) in [6.45, 7) is 1.75. The zero-order valence-electron chi connectivity index (χ0n) is 14.2. The molecule has 3 rings (SSSR count). The van der Waals surface area contributed by atoms with Crippen molar-refractivity contribution in [3.63, 3.8) is 0 Å². The van der Waals surface area contributed by atoms with Gasteiger partial charge in [0.2, 0.25) is 5.88 Å². The minimum atomic E-state index is -0.441. The average Bonchev–Trinajstić information content (AvgIpc) is 2.57. The molecule has 0 bridgehead atoms. The van der Waals surface area contributed by atoms with Gasteiger partial charge in [-0.25, -0.2) is 4.98 Å². The largest absolute Gasteiger partial charge is 0.481 e. The molecule has 7 heteroatoms. The lowest BCUT2D eigenvalue weighted by atomic mass is 9.75. The number of hydrogen-bond acceptors (Lipinski definition) is 5. The Morgan fingerprint density at radius 3 is 2.68 bits per heavy atom. The van der Waals surface area contributed by atoms with Crippen LogP contribution in [-0.2, 0) is 0 Å². The van der Waals surface area contributed by atoms with Crippen molar-refractivity contribution in [1.82, 2.24) is 15.3 Å². The standard InChI is InChI=1S/C18H21N3O4/c1-10-3-5-14(17(23)20-10)18(24)21-16(12-7-13(22)8-12)11-4-6-15(25-2)19-9-11/h3-6,9,12-13,16,22H,7-8H2,1-2H3,(H,20,23)(H,21,24). The maximum absolute atomic E-state index is 12.6. The van der Waals surface area contributed by atoms with E-state index in [9.17, 15) is 14.7 Å². The summed E-state index contributed by atoms with van der Waals surface area (Å²) in [4.78, 5) is 31.4. The van der Waals surface area contributed by atoms with Gasteiger partial charge in [0.15, 0.2) is 0 Å². The van der Waals surface area contributed by atoms with Crippen LogP contribution in [0, 0.1) is 12.8 Å². The molecule has 25 heavy (non-hydrogen) atoms. The first-order valence-corrected chi connectivity index (χ1v) is 8.16. The fourth-order valence-electron chi connectivity index (χ4n) is 3.04. The van der Waals surface area contributed by atoms with E-state index in [-0.39, 0.29) is 23.6 Å². The van der Waals surface area contributed by atoms with Crippen LogP contribution in [0.25, 0.3) is 0 Å². The smallest absolute Gasteiger partial charge is 0.260 e. The van der Waals surface area contributed by atoms with E-state index in [1.807, 2.05) is 6.07 Å². The van der Waals surface area contributed by atoms with Gasteiger partial charge in [-0.15, -0.1) is 0 Å². The van der Waals surface area contributed by atoms with Crippen molar-refractivity contribution >= 4 is 5.91 Å². The number of pyridine rings is 2. The van der Waals surface area contributed by atoms with Crippen molar-refractivity contribution < 1.29 is 14.6 Å². The van der Waals surface area contributed by atoms with Gasteiger partial charge >= 0.3 is 0 Å². The Labute approximate surface area is 145 Å². The molecule has 1 amide bonds. The van der Waals surface area contributed by atoms with Crippen molar-refractivity contribution in [2.24, 2.45) is 5.92 Å². The van der Waals surface area contributed by atoms with Gasteiger partial charge in [0.1, 0.15) is 5.56 Å². The van der Waals surface area contributed by atoms with Gasteiger partial charge in [-0.3, -0.25) is 9.59 Å². The first kappa shape index (κ1) is 17.2. The summed E-state index contributed by atoms with van der Waals surface area (Å²) in [6, 6.07) is 6.44. The molecule has 2 aromatic rings. The van der Waals surface area contributed by atoms with Crippen LogP contribution >= 0.6 is 0 Å². The monoisotopic (exact) mass is 343 g/mol. The van der Waals surface area contributed by atoms with Crippen molar-refractivity contribution in [3.05, 3.63) is 57.6 Å². The van der Waals surface area contributed by atoms with Gasteiger partial charge in [-0.05, 0) is 43.4 Å². The Hall–Kier alpha value is -2.67. The normalized spacial score (nSPS) is 20.4. The van der Waals surface area contributed by atoms with E-state index in [0.717, 1.165) is 5.56 Å². The molecule has 0 aliphatic heterocycles. The molecule has 0 spiro atoms. The summed E-state index contributed by atoms with van der Waals surface area (Å²) < 4.78 is 5.06. The van der Waals surface area contributed by atoms with E-state index in [1.165, 1.54) is 13.2 Å². The second kappa shape index (κ2) is 7.06. The SMILES string of the molecule is COc1ccc(C(NC(=O)c2ccc(C)[nH]c2=O)C2CC(O)C2)cn1. The summed E-state index contributed by atoms with van der Waals surface area (Å²) in [7, 11) is 1.53. The molecule has 0 radical (unpaired) electrons. The molecular weight excluding hydrogens is 322 g/mol. The summed E-state index contributed by atoms with van der Waals surface area (Å²) >= 11 is 0. The van der Waals surface area contributed by atoms with E-state index in [0.29, 0.717) is 24.4 Å². The number of aryl methyl sites for hydroxylation is 1. The predicted molar refractivity (Wildman–Crippen MR) is 91.5 cm³/mol. The number of nitrogens with one attached hydrogen (secondary N) is 2. The van der Waals surface area contributed by atoms with Crippen molar-refractivity contribution in [1.29, 1.82) is 0 Å². The number of H-pyrrole nitrogens is 1. The first-order chi connectivity index (χ1) is 12.0. The molecule has 1 fully saturated rings. The molecule has 1 atom stereocenters. The highest BCUT2D eigenvalue weighted by molar-refractivity contribution is 5.94. The number of aliphatic hydroxyl groups excluding tert-OH is 1. The van der Waals surface area contributed by atoms with Gasteiger partial charge in [0.05, 0.1) is 19.3 Å². The van der Waals surface area contributed by atoms with Gasteiger partial charge < -0.3 is 20.1 Å². The third kappa shape index (κ3) is 3.71. The Bertz CT molecular complexity index is 810. The molecule has 7 nitrogen and oxygen atoms in total. The van der Waals surface area contributed by atoms with Crippen molar-refractivity contribution in [2.45, 2.75) is 31.9 Å². The molecule has 3 N–H and O–H groups in total. The topological polar surface area (TPSA) is 104 Å². The lowest BCUT2D eigenvalue weighted by Gasteiger charge is -2.38. The molecule has 1 unspecified atom stereocenters. The Morgan fingerprint density at radius 2 is 2.12 bits per heavy atom. The number of carbonyl (C=O) groups excluding carboxylic acids is 1. The Morgan fingerprint density at radius 1 is 1.36 bits per heavy atom. The van der Waals surface area contributed by atoms with Gasteiger partial charge in [-0.1, -0.05) is 6.07 Å². The van der Waals surface area contributed by atoms with Crippen LogP contribution in [-0.4, -0.2) is 34.2 Å². The second-order valence-corrected chi connectivity index (χ2v) is 6.35. The fraction of sp³-hybridized carbons (Fsp3) is 0.389. The highest BCUT2D eigenvalue weighted by atomic mass is 16.5. The van der Waals surface area contributed by atoms with Crippen LogP contribution in [0.4, 0.5) is 0 Å². The van der Waals surface area contributed by atoms with E-state index < -0.39 is 11.5 Å². The van der Waals surface area contributed by atoms with Crippen LogP contribution in [0.3, 0.4) is 0 Å². The van der Waals surface area contributed by atoms with Gasteiger partial charge in [-0.2, -0.15) is 0 Å². The first-order valence-electron chi connectivity index (χ1n) is 8.16. The molecule has 1 aliphatic rings. The average molecular weight is 343 g/mol. The van der Waals surface area contributed by atoms with Crippen LogP contribution in [0.1, 0.15) is 40.5 Å². The molecule has 1 aliphatic carbocycles. The summed E-state index contributed by atoms with van der Waals surface area (Å²) in [5, 5.41) is 12.5. The van der Waals surface area contributed by atoms with E-state index in [1.54, 1.807) is 25.3 Å². The fourth-order valence-corrected chi connectivity index (χ4v) is 3.04. The lowest BCUT2D eigenvalue weighted by Crippen LogP contribution is -2.42. The molecular formula is C18H21N3O4. The number of rotatable bonds is 5. The zero-order chi connectivity index (χ0) is 18.0. The number of aromatic nitrogens is 2. The van der Waals surface area contributed by atoms with Crippen molar-refractivity contribution in [3.8, 4) is 5.88 Å². The van der Waals surface area contributed by atoms with Gasteiger partial charge in [0, 0.05) is 18.0 Å². The molecule has 2 heterocycles. The number of ether oxygens (including phenoxy) is 1. The number of hydrogen-bond donors (Lipinski definition) is 3. The highest BCUT2D eigenvalue weighted by Gasteiger charge is 2.36. The molecule has 0 saturated heterocycles. The van der Waals surface area contributed by atoms with Crippen molar-refractivity contribution in [2.75, 3.05) is 7.11 Å². The summed E-state index contributed by atoms with van der Waals surface area (Å²) in [6.07, 6.45) is 2.49. The van der Waals surface area contributed by atoms with Crippen LogP contribution in [0.2, 0.25) is 0 Å². The molecule has 1 saturated carbocycles. The van der Waals surface area contributed by atoms with Crippen LogP contribution in [0.5, 0.6) is 5.88 Å². The summed E-state index contributed by atoms with van der Waals surface area (Å²) in [5.41, 5.74) is 1.16. The van der Waals surface area contributed by atoms with E-state index >= 15 is 0 Å². The molecule has 0 aromatic carbocycles. The number of methoxy groups -OCH3 is 1. The maximum Gasteiger partial charge on any atom is 0.260 e. The lowest BCUT2D eigenvalue weighted by molar-refractivity contribution is 0.0234. The number of carbonyl (C=O) groups is 1. The second-order valence-electron chi connectivity index (χ2n) is 6.35. The van der Waals surface area contributed by atoms with Crippen LogP contribution < -0.4 is 15.6 Å². The third-order valence-electron chi connectivity index (χ3n) is 4.54. The minimum absolute atomic E-state index is 0.0666. The van der Waals surface area contributed by atoms with Crippen LogP contribution in [0.15, 0.2) is 35.3 Å². The quantitative estimate of drug-likeness (QED) is 0.760. The number of amides is 1. The maximum atomic E-state index is 12.6. The predicted octanol–water partition coefficient (Wildman–Crippen LogP) is 1.33. The van der Waals surface area contributed by atoms with E-state index in [2.05, 4.69) is 15.3 Å². The molecule has 2 aromatic heterocycles. The minimum Gasteiger partial charge on any atom is -0.481 e. The summed E-state index contributed by atoms with van der Waals surface area (Å²) in [5.74, 6) is 0.139. The molecule has 132 valence electrons. The number of aliphatic hydroxyl groups is 1. The zero-order valence-corrected chi connectivity index (χ0v) is 14.2. The number of nitrogens with zero attached hydrogens (tertiary/aromatic N) is 1. The third-order valence-corrected chi connectivity index (χ3v) is 4.54. The van der Waals surface area contributed by atoms with Gasteiger partial charge in [0.25, 0.3) is 11.5 Å². The number of aromatic amines is 1. The Kier molecular flexibility index (Phi) is 4.85. The highest BCUT2D eigenvalue weighted by Crippen LogP contribution is 2.38.